The molecule has 132 valence electrons. The summed E-state index contributed by atoms with van der Waals surface area (Å²) in [4.78, 5) is 48.4. The maximum atomic E-state index is 12.2. The summed E-state index contributed by atoms with van der Waals surface area (Å²) in [7, 11) is 0. The second kappa shape index (κ2) is 7.06. The Labute approximate surface area is 149 Å². The second-order valence-corrected chi connectivity index (χ2v) is 5.63. The van der Waals surface area contributed by atoms with Gasteiger partial charge < -0.3 is 16.4 Å². The van der Waals surface area contributed by atoms with Crippen LogP contribution in [0.4, 0.5) is 10.5 Å². The number of nitrogens with two attached hydrogens (primary N) is 1. The van der Waals surface area contributed by atoms with E-state index in [4.69, 9.17) is 5.73 Å². The maximum Gasteiger partial charge on any atom is 0.319 e. The third-order valence-corrected chi connectivity index (χ3v) is 3.93. The molecule has 0 aromatic heterocycles. The van der Waals surface area contributed by atoms with Gasteiger partial charge in [-0.3, -0.25) is 19.3 Å². The maximum absolute atomic E-state index is 12.2. The summed E-state index contributed by atoms with van der Waals surface area (Å²) in [6.45, 7) is 0.178. The fourth-order valence-corrected chi connectivity index (χ4v) is 2.62. The molecular weight excluding hydrogens is 336 g/mol. The number of urea groups is 1. The SMILES string of the molecule is NC(=O)c1ccc(NC(=O)NCCN2C(=O)c3ccccc3C2=O)cc1. The first kappa shape index (κ1) is 17.2. The summed E-state index contributed by atoms with van der Waals surface area (Å²) in [6.07, 6.45) is 0. The van der Waals surface area contributed by atoms with Crippen molar-refractivity contribution >= 4 is 29.4 Å². The average Bonchev–Trinajstić information content (AvgIpc) is 2.87. The van der Waals surface area contributed by atoms with Crippen molar-refractivity contribution in [2.24, 2.45) is 5.73 Å². The van der Waals surface area contributed by atoms with E-state index in [0.29, 0.717) is 22.4 Å². The van der Waals surface area contributed by atoms with E-state index in [1.165, 1.54) is 12.1 Å². The number of imide groups is 1. The van der Waals surface area contributed by atoms with Crippen LogP contribution in [0, 0.1) is 0 Å². The van der Waals surface area contributed by atoms with Crippen LogP contribution in [-0.2, 0) is 0 Å². The highest BCUT2D eigenvalue weighted by molar-refractivity contribution is 6.21. The van der Waals surface area contributed by atoms with Crippen LogP contribution in [0.2, 0.25) is 0 Å². The van der Waals surface area contributed by atoms with Gasteiger partial charge in [0.25, 0.3) is 11.8 Å². The zero-order chi connectivity index (χ0) is 18.7. The second-order valence-electron chi connectivity index (χ2n) is 5.63. The largest absolute Gasteiger partial charge is 0.366 e. The molecule has 0 fully saturated rings. The molecule has 2 aromatic rings. The molecule has 2 aromatic carbocycles. The first-order valence-corrected chi connectivity index (χ1v) is 7.87. The van der Waals surface area contributed by atoms with Gasteiger partial charge in [0.05, 0.1) is 11.1 Å². The van der Waals surface area contributed by atoms with Gasteiger partial charge in [-0.25, -0.2) is 4.79 Å². The number of rotatable bonds is 5. The Morgan fingerprint density at radius 2 is 1.50 bits per heavy atom. The number of anilines is 1. The molecule has 4 N–H and O–H groups in total. The zero-order valence-electron chi connectivity index (χ0n) is 13.7. The number of amides is 5. The van der Waals surface area contributed by atoms with E-state index >= 15 is 0 Å². The Morgan fingerprint density at radius 3 is 2.04 bits per heavy atom. The normalized spacial score (nSPS) is 12.7. The molecule has 0 aliphatic carbocycles. The van der Waals surface area contributed by atoms with Crippen molar-refractivity contribution in [1.29, 1.82) is 0 Å². The summed E-state index contributed by atoms with van der Waals surface area (Å²) in [5.41, 5.74) is 6.70. The molecule has 26 heavy (non-hydrogen) atoms. The van der Waals surface area contributed by atoms with Gasteiger partial charge in [-0.15, -0.1) is 0 Å². The number of hydrogen-bond acceptors (Lipinski definition) is 4. The molecule has 0 bridgehead atoms. The monoisotopic (exact) mass is 352 g/mol. The highest BCUT2D eigenvalue weighted by atomic mass is 16.2. The number of primary amides is 1. The molecule has 0 saturated heterocycles. The van der Waals surface area contributed by atoms with Gasteiger partial charge >= 0.3 is 6.03 Å². The summed E-state index contributed by atoms with van der Waals surface area (Å²) in [6, 6.07) is 12.2. The van der Waals surface area contributed by atoms with Crippen LogP contribution in [0.1, 0.15) is 31.1 Å². The predicted octanol–water partition coefficient (Wildman–Crippen LogP) is 1.20. The lowest BCUT2D eigenvalue weighted by molar-refractivity contribution is 0.0655. The van der Waals surface area contributed by atoms with Crippen LogP contribution in [0.15, 0.2) is 48.5 Å². The molecule has 8 nitrogen and oxygen atoms in total. The van der Waals surface area contributed by atoms with Crippen molar-refractivity contribution in [3.05, 3.63) is 65.2 Å². The number of nitrogens with zero attached hydrogens (tertiary/aromatic N) is 1. The molecule has 1 heterocycles. The van der Waals surface area contributed by atoms with Crippen molar-refractivity contribution in [2.45, 2.75) is 0 Å². The Bertz CT molecular complexity index is 857. The van der Waals surface area contributed by atoms with Gasteiger partial charge in [0.1, 0.15) is 0 Å². The topological polar surface area (TPSA) is 122 Å². The van der Waals surface area contributed by atoms with Crippen LogP contribution in [0.5, 0.6) is 0 Å². The van der Waals surface area contributed by atoms with E-state index in [1.807, 2.05) is 0 Å². The average molecular weight is 352 g/mol. The highest BCUT2D eigenvalue weighted by Gasteiger charge is 2.34. The van der Waals surface area contributed by atoms with Gasteiger partial charge in [-0.05, 0) is 36.4 Å². The van der Waals surface area contributed by atoms with Gasteiger partial charge in [-0.1, -0.05) is 12.1 Å². The van der Waals surface area contributed by atoms with E-state index in [1.54, 1.807) is 36.4 Å². The molecule has 0 unspecified atom stereocenters. The minimum Gasteiger partial charge on any atom is -0.366 e. The first-order chi connectivity index (χ1) is 12.5. The Hall–Kier alpha value is -3.68. The van der Waals surface area contributed by atoms with Crippen molar-refractivity contribution in [2.75, 3.05) is 18.4 Å². The minimum atomic E-state index is -0.554. The van der Waals surface area contributed by atoms with E-state index < -0.39 is 11.9 Å². The highest BCUT2D eigenvalue weighted by Crippen LogP contribution is 2.21. The molecule has 0 saturated carbocycles. The van der Waals surface area contributed by atoms with Crippen LogP contribution in [0.3, 0.4) is 0 Å². The number of hydrogen-bond donors (Lipinski definition) is 3. The summed E-state index contributed by atoms with van der Waals surface area (Å²) < 4.78 is 0. The molecular formula is C18H16N4O4. The van der Waals surface area contributed by atoms with Crippen molar-refractivity contribution < 1.29 is 19.2 Å². The molecule has 8 heteroatoms. The van der Waals surface area contributed by atoms with Gasteiger partial charge in [0.15, 0.2) is 0 Å². The van der Waals surface area contributed by atoms with E-state index in [2.05, 4.69) is 10.6 Å². The van der Waals surface area contributed by atoms with Crippen molar-refractivity contribution in [3.8, 4) is 0 Å². The number of nitrogens with one attached hydrogen (secondary N) is 2. The van der Waals surface area contributed by atoms with Crippen molar-refractivity contribution in [1.82, 2.24) is 10.2 Å². The summed E-state index contributed by atoms with van der Waals surface area (Å²) in [5, 5.41) is 5.16. The van der Waals surface area contributed by atoms with Gasteiger partial charge in [0.2, 0.25) is 5.91 Å². The van der Waals surface area contributed by atoms with E-state index in [0.717, 1.165) is 4.90 Å². The number of carbonyl (C=O) groups is 4. The van der Waals surface area contributed by atoms with Crippen molar-refractivity contribution in [3.63, 3.8) is 0 Å². The summed E-state index contributed by atoms with van der Waals surface area (Å²) >= 11 is 0. The van der Waals surface area contributed by atoms with Crippen LogP contribution >= 0.6 is 0 Å². The Morgan fingerprint density at radius 1 is 0.923 bits per heavy atom. The van der Waals surface area contributed by atoms with Crippen LogP contribution < -0.4 is 16.4 Å². The number of fused-ring (bicyclic) bond motifs is 1. The molecule has 5 amide bonds. The van der Waals surface area contributed by atoms with Gasteiger partial charge in [0, 0.05) is 24.3 Å². The third kappa shape index (κ3) is 3.39. The van der Waals surface area contributed by atoms with Crippen LogP contribution in [0.25, 0.3) is 0 Å². The molecule has 1 aliphatic heterocycles. The standard InChI is InChI=1S/C18H16N4O4/c19-15(23)11-5-7-12(8-6-11)21-18(26)20-9-10-22-16(24)13-3-1-2-4-14(13)17(22)25/h1-8H,9-10H2,(H2,19,23)(H2,20,21,26). The smallest absolute Gasteiger partial charge is 0.319 e. The molecule has 0 radical (unpaired) electrons. The number of carbonyl (C=O) groups excluding carboxylic acids is 4. The molecule has 1 aliphatic rings. The zero-order valence-corrected chi connectivity index (χ0v) is 13.7. The Balaban J connectivity index is 1.51. The quantitative estimate of drug-likeness (QED) is 0.700. The molecule has 3 rings (SSSR count). The molecule has 0 atom stereocenters. The van der Waals surface area contributed by atoms with Crippen LogP contribution in [-0.4, -0.2) is 41.7 Å². The summed E-state index contributed by atoms with van der Waals surface area (Å²) in [5.74, 6) is -1.29. The Kier molecular flexibility index (Phi) is 4.66. The van der Waals surface area contributed by atoms with Gasteiger partial charge in [-0.2, -0.15) is 0 Å². The minimum absolute atomic E-state index is 0.0698. The molecule has 0 spiro atoms. The fraction of sp³-hybridized carbons (Fsp3) is 0.111. The lowest BCUT2D eigenvalue weighted by Crippen LogP contribution is -2.39. The fourth-order valence-electron chi connectivity index (χ4n) is 2.62. The lowest BCUT2D eigenvalue weighted by atomic mass is 10.1. The lowest BCUT2D eigenvalue weighted by Gasteiger charge is -2.14. The predicted molar refractivity (Wildman–Crippen MR) is 93.8 cm³/mol. The van der Waals surface area contributed by atoms with E-state index in [-0.39, 0.29) is 24.9 Å². The van der Waals surface area contributed by atoms with E-state index in [9.17, 15) is 19.2 Å². The third-order valence-electron chi connectivity index (χ3n) is 3.93. The first-order valence-electron chi connectivity index (χ1n) is 7.87. The number of benzene rings is 2.